The summed E-state index contributed by atoms with van der Waals surface area (Å²) in [6.45, 7) is 4.33. The van der Waals surface area contributed by atoms with Gasteiger partial charge in [-0.15, -0.1) is 0 Å². The highest BCUT2D eigenvalue weighted by molar-refractivity contribution is 6.31. The van der Waals surface area contributed by atoms with Crippen molar-refractivity contribution in [2.24, 2.45) is 0 Å². The van der Waals surface area contributed by atoms with Crippen molar-refractivity contribution in [1.29, 1.82) is 0 Å². The lowest BCUT2D eigenvalue weighted by Gasteiger charge is -2.12. The number of hydrogen-bond acceptors (Lipinski definition) is 3. The first-order valence-electron chi connectivity index (χ1n) is 5.94. The first kappa shape index (κ1) is 14.5. The Hall–Kier alpha value is -0.610. The van der Waals surface area contributed by atoms with Crippen LogP contribution in [0.5, 0.6) is 0 Å². The summed E-state index contributed by atoms with van der Waals surface area (Å²) in [5.74, 6) is 0. The van der Waals surface area contributed by atoms with Gasteiger partial charge in [0.1, 0.15) is 0 Å². The fourth-order valence-electron chi connectivity index (χ4n) is 1.42. The molecule has 0 saturated carbocycles. The molecule has 1 aromatic carbocycles. The number of hydrogen-bond donors (Lipinski definition) is 2. The SMILES string of the molecule is CCCNCC(O)COCc1ccccc1Cl. The molecule has 0 spiro atoms. The van der Waals surface area contributed by atoms with Gasteiger partial charge in [0, 0.05) is 11.6 Å². The second kappa shape index (κ2) is 8.48. The number of aliphatic hydroxyl groups is 1. The second-order valence-electron chi connectivity index (χ2n) is 3.96. The predicted molar refractivity (Wildman–Crippen MR) is 70.3 cm³/mol. The lowest BCUT2D eigenvalue weighted by atomic mass is 10.2. The minimum atomic E-state index is -0.468. The van der Waals surface area contributed by atoms with Crippen LogP contribution in [0, 0.1) is 0 Å². The smallest absolute Gasteiger partial charge is 0.0897 e. The first-order valence-corrected chi connectivity index (χ1v) is 6.31. The van der Waals surface area contributed by atoms with Crippen LogP contribution in [0.3, 0.4) is 0 Å². The molecule has 4 heteroatoms. The highest BCUT2D eigenvalue weighted by Crippen LogP contribution is 2.15. The predicted octanol–water partition coefficient (Wildman–Crippen LogP) is 2.22. The second-order valence-corrected chi connectivity index (χ2v) is 4.37. The van der Waals surface area contributed by atoms with Gasteiger partial charge in [-0.25, -0.2) is 0 Å². The molecule has 0 aromatic heterocycles. The number of rotatable bonds is 8. The topological polar surface area (TPSA) is 41.5 Å². The van der Waals surface area contributed by atoms with Crippen LogP contribution in [-0.2, 0) is 11.3 Å². The van der Waals surface area contributed by atoms with E-state index in [1.165, 1.54) is 0 Å². The molecular formula is C13H20ClNO2. The van der Waals surface area contributed by atoms with Crippen LogP contribution in [0.25, 0.3) is 0 Å². The van der Waals surface area contributed by atoms with Crippen molar-refractivity contribution in [3.63, 3.8) is 0 Å². The van der Waals surface area contributed by atoms with Crippen molar-refractivity contribution in [1.82, 2.24) is 5.32 Å². The summed E-state index contributed by atoms with van der Waals surface area (Å²) < 4.78 is 5.42. The molecule has 0 radical (unpaired) electrons. The fourth-order valence-corrected chi connectivity index (χ4v) is 1.62. The van der Waals surface area contributed by atoms with Crippen LogP contribution in [0.15, 0.2) is 24.3 Å². The molecule has 1 rings (SSSR count). The zero-order chi connectivity index (χ0) is 12.5. The Morgan fingerprint density at radius 2 is 2.18 bits per heavy atom. The molecule has 0 aliphatic heterocycles. The summed E-state index contributed by atoms with van der Waals surface area (Å²) in [6, 6.07) is 7.56. The molecule has 1 atom stereocenters. The normalized spacial score (nSPS) is 12.6. The molecular weight excluding hydrogens is 238 g/mol. The van der Waals surface area contributed by atoms with Gasteiger partial charge in [0.2, 0.25) is 0 Å². The van der Waals surface area contributed by atoms with Crippen molar-refractivity contribution in [3.8, 4) is 0 Å². The van der Waals surface area contributed by atoms with E-state index in [0.717, 1.165) is 18.5 Å². The van der Waals surface area contributed by atoms with Crippen molar-refractivity contribution >= 4 is 11.6 Å². The van der Waals surface area contributed by atoms with Crippen molar-refractivity contribution in [2.45, 2.75) is 26.1 Å². The molecule has 0 amide bonds. The van der Waals surface area contributed by atoms with Gasteiger partial charge in [-0.1, -0.05) is 36.7 Å². The van der Waals surface area contributed by atoms with E-state index in [4.69, 9.17) is 16.3 Å². The highest BCUT2D eigenvalue weighted by atomic mass is 35.5. The van der Waals surface area contributed by atoms with Crippen LogP contribution >= 0.6 is 11.6 Å². The molecule has 17 heavy (non-hydrogen) atoms. The Morgan fingerprint density at radius 1 is 1.41 bits per heavy atom. The Bertz CT molecular complexity index is 320. The van der Waals surface area contributed by atoms with E-state index in [-0.39, 0.29) is 0 Å². The number of halogens is 1. The summed E-state index contributed by atoms with van der Waals surface area (Å²) >= 11 is 5.99. The van der Waals surface area contributed by atoms with Crippen LogP contribution in [0.2, 0.25) is 5.02 Å². The Kier molecular flexibility index (Phi) is 7.21. The number of aliphatic hydroxyl groups excluding tert-OH is 1. The van der Waals surface area contributed by atoms with Gasteiger partial charge in [-0.3, -0.25) is 0 Å². The molecule has 0 fully saturated rings. The van der Waals surface area contributed by atoms with E-state index in [0.29, 0.717) is 24.8 Å². The van der Waals surface area contributed by atoms with Crippen LogP contribution < -0.4 is 5.32 Å². The quantitative estimate of drug-likeness (QED) is 0.702. The van der Waals surface area contributed by atoms with Crippen LogP contribution in [0.1, 0.15) is 18.9 Å². The summed E-state index contributed by atoms with van der Waals surface area (Å²) in [4.78, 5) is 0. The highest BCUT2D eigenvalue weighted by Gasteiger charge is 2.04. The summed E-state index contributed by atoms with van der Waals surface area (Å²) in [5.41, 5.74) is 0.947. The molecule has 0 heterocycles. The van der Waals surface area contributed by atoms with Gasteiger partial charge >= 0.3 is 0 Å². The maximum absolute atomic E-state index is 9.60. The van der Waals surface area contributed by atoms with Gasteiger partial charge in [0.05, 0.1) is 19.3 Å². The molecule has 0 bridgehead atoms. The average Bonchev–Trinajstić information content (AvgIpc) is 2.32. The van der Waals surface area contributed by atoms with E-state index < -0.39 is 6.10 Å². The molecule has 0 saturated heterocycles. The third kappa shape index (κ3) is 6.03. The Balaban J connectivity index is 2.17. The third-order valence-electron chi connectivity index (χ3n) is 2.33. The minimum absolute atomic E-state index is 0.321. The molecule has 96 valence electrons. The molecule has 0 aliphatic rings. The lowest BCUT2D eigenvalue weighted by Crippen LogP contribution is -2.30. The summed E-state index contributed by atoms with van der Waals surface area (Å²) in [7, 11) is 0. The van der Waals surface area contributed by atoms with Crippen LogP contribution in [0.4, 0.5) is 0 Å². The molecule has 2 N–H and O–H groups in total. The van der Waals surface area contributed by atoms with Gasteiger partial charge in [-0.05, 0) is 24.6 Å². The van der Waals surface area contributed by atoms with Gasteiger partial charge in [-0.2, -0.15) is 0 Å². The minimum Gasteiger partial charge on any atom is -0.389 e. The summed E-state index contributed by atoms with van der Waals surface area (Å²) in [5, 5.41) is 13.4. The molecule has 1 unspecified atom stereocenters. The van der Waals surface area contributed by atoms with E-state index >= 15 is 0 Å². The largest absolute Gasteiger partial charge is 0.389 e. The zero-order valence-corrected chi connectivity index (χ0v) is 10.9. The molecule has 0 aliphatic carbocycles. The van der Waals surface area contributed by atoms with E-state index in [2.05, 4.69) is 12.2 Å². The number of nitrogens with one attached hydrogen (secondary N) is 1. The maximum Gasteiger partial charge on any atom is 0.0897 e. The van der Waals surface area contributed by atoms with Gasteiger partial charge in [0.15, 0.2) is 0 Å². The average molecular weight is 258 g/mol. The number of ether oxygens (including phenoxy) is 1. The van der Waals surface area contributed by atoms with E-state index in [9.17, 15) is 5.11 Å². The number of benzene rings is 1. The first-order chi connectivity index (χ1) is 8.24. The van der Waals surface area contributed by atoms with Gasteiger partial charge < -0.3 is 15.2 Å². The van der Waals surface area contributed by atoms with Crippen LogP contribution in [-0.4, -0.2) is 30.9 Å². The Morgan fingerprint density at radius 3 is 2.88 bits per heavy atom. The monoisotopic (exact) mass is 257 g/mol. The van der Waals surface area contributed by atoms with E-state index in [1.54, 1.807) is 0 Å². The Labute approximate surface area is 108 Å². The van der Waals surface area contributed by atoms with Gasteiger partial charge in [0.25, 0.3) is 0 Å². The lowest BCUT2D eigenvalue weighted by molar-refractivity contribution is 0.0290. The van der Waals surface area contributed by atoms with Crippen molar-refractivity contribution in [3.05, 3.63) is 34.9 Å². The third-order valence-corrected chi connectivity index (χ3v) is 2.70. The summed E-state index contributed by atoms with van der Waals surface area (Å²) in [6.07, 6.45) is 0.594. The van der Waals surface area contributed by atoms with Crippen molar-refractivity contribution < 1.29 is 9.84 Å². The molecule has 1 aromatic rings. The maximum atomic E-state index is 9.60. The fraction of sp³-hybridized carbons (Fsp3) is 0.538. The zero-order valence-electron chi connectivity index (χ0n) is 10.2. The van der Waals surface area contributed by atoms with Crippen molar-refractivity contribution in [2.75, 3.05) is 19.7 Å². The standard InChI is InChI=1S/C13H20ClNO2/c1-2-7-15-8-12(16)10-17-9-11-5-3-4-6-13(11)14/h3-6,12,15-16H,2,7-10H2,1H3. The van der Waals surface area contributed by atoms with E-state index in [1.807, 2.05) is 24.3 Å². The molecule has 3 nitrogen and oxygen atoms in total.